The molecule has 1 aliphatic rings. The summed E-state index contributed by atoms with van der Waals surface area (Å²) in [5.41, 5.74) is 0.745. The maximum absolute atomic E-state index is 12.7. The van der Waals surface area contributed by atoms with Crippen LogP contribution in [0.4, 0.5) is 0 Å². The van der Waals surface area contributed by atoms with Crippen molar-refractivity contribution < 1.29 is 9.59 Å². The molecule has 0 aliphatic carbocycles. The molecule has 0 saturated carbocycles. The molecule has 2 heterocycles. The summed E-state index contributed by atoms with van der Waals surface area (Å²) in [6.45, 7) is 0.328. The summed E-state index contributed by atoms with van der Waals surface area (Å²) in [4.78, 5) is 50.2. The van der Waals surface area contributed by atoms with Crippen molar-refractivity contribution in [3.05, 3.63) is 68.0 Å². The molecule has 26 heavy (non-hydrogen) atoms. The van der Waals surface area contributed by atoms with E-state index in [9.17, 15) is 19.2 Å². The SMILES string of the molecule is CN1CC(C(=O)NCc2cc(=O)n(C)c(=O)n2C)c2ccccc2C1=O. The normalized spacial score (nSPS) is 16.3. The Bertz CT molecular complexity index is 1000. The average Bonchev–Trinajstić information content (AvgIpc) is 2.64. The smallest absolute Gasteiger partial charge is 0.330 e. The summed E-state index contributed by atoms with van der Waals surface area (Å²) in [5, 5.41) is 2.77. The summed E-state index contributed by atoms with van der Waals surface area (Å²) in [6.07, 6.45) is 0. The Kier molecular flexibility index (Phi) is 4.50. The number of nitrogens with zero attached hydrogens (tertiary/aromatic N) is 3. The minimum Gasteiger partial charge on any atom is -0.350 e. The highest BCUT2D eigenvalue weighted by Crippen LogP contribution is 2.27. The van der Waals surface area contributed by atoms with Gasteiger partial charge in [-0.2, -0.15) is 0 Å². The zero-order valence-electron chi connectivity index (χ0n) is 14.9. The maximum Gasteiger partial charge on any atom is 0.330 e. The van der Waals surface area contributed by atoms with Crippen molar-refractivity contribution in [3.63, 3.8) is 0 Å². The Labute approximate surface area is 149 Å². The summed E-state index contributed by atoms with van der Waals surface area (Å²) >= 11 is 0. The molecule has 136 valence electrons. The van der Waals surface area contributed by atoms with Gasteiger partial charge in [0.25, 0.3) is 11.5 Å². The molecular formula is C18H20N4O4. The topological polar surface area (TPSA) is 93.4 Å². The van der Waals surface area contributed by atoms with Gasteiger partial charge in [-0.25, -0.2) is 4.79 Å². The monoisotopic (exact) mass is 356 g/mol. The number of amides is 2. The predicted molar refractivity (Wildman–Crippen MR) is 94.9 cm³/mol. The Morgan fingerprint density at radius 2 is 1.81 bits per heavy atom. The Morgan fingerprint density at radius 1 is 1.12 bits per heavy atom. The van der Waals surface area contributed by atoms with E-state index in [0.29, 0.717) is 16.8 Å². The van der Waals surface area contributed by atoms with Crippen LogP contribution in [0.2, 0.25) is 0 Å². The third kappa shape index (κ3) is 2.94. The van der Waals surface area contributed by atoms with Crippen molar-refractivity contribution in [3.8, 4) is 0 Å². The molecule has 2 amide bonds. The van der Waals surface area contributed by atoms with Gasteiger partial charge in [0.05, 0.1) is 12.5 Å². The number of aromatic nitrogens is 2. The van der Waals surface area contributed by atoms with Crippen LogP contribution >= 0.6 is 0 Å². The van der Waals surface area contributed by atoms with Gasteiger partial charge in [0.15, 0.2) is 0 Å². The number of hydrogen-bond acceptors (Lipinski definition) is 4. The number of fused-ring (bicyclic) bond motifs is 1. The van der Waals surface area contributed by atoms with Gasteiger partial charge in [0, 0.05) is 45.0 Å². The van der Waals surface area contributed by atoms with Gasteiger partial charge in [0.2, 0.25) is 5.91 Å². The van der Waals surface area contributed by atoms with Crippen molar-refractivity contribution in [1.82, 2.24) is 19.4 Å². The van der Waals surface area contributed by atoms with Crippen LogP contribution in [-0.2, 0) is 25.4 Å². The van der Waals surface area contributed by atoms with E-state index >= 15 is 0 Å². The third-order valence-electron chi connectivity index (χ3n) is 4.76. The number of carbonyl (C=O) groups excluding carboxylic acids is 2. The molecule has 2 aromatic rings. The van der Waals surface area contributed by atoms with E-state index in [4.69, 9.17) is 0 Å². The van der Waals surface area contributed by atoms with E-state index < -0.39 is 17.2 Å². The Hall–Kier alpha value is -3.16. The van der Waals surface area contributed by atoms with E-state index in [1.807, 2.05) is 0 Å². The highest BCUT2D eigenvalue weighted by atomic mass is 16.2. The summed E-state index contributed by atoms with van der Waals surface area (Å²) in [7, 11) is 4.60. The van der Waals surface area contributed by atoms with E-state index in [1.165, 1.54) is 22.6 Å². The minimum absolute atomic E-state index is 0.0526. The van der Waals surface area contributed by atoms with Crippen LogP contribution in [0.3, 0.4) is 0 Å². The second-order valence-corrected chi connectivity index (χ2v) is 6.42. The van der Waals surface area contributed by atoms with Crippen molar-refractivity contribution >= 4 is 11.8 Å². The average molecular weight is 356 g/mol. The van der Waals surface area contributed by atoms with E-state index in [-0.39, 0.29) is 24.9 Å². The van der Waals surface area contributed by atoms with Gasteiger partial charge < -0.3 is 10.2 Å². The largest absolute Gasteiger partial charge is 0.350 e. The molecule has 0 saturated heterocycles. The molecule has 1 aromatic carbocycles. The Morgan fingerprint density at radius 3 is 2.54 bits per heavy atom. The maximum atomic E-state index is 12.7. The van der Waals surface area contributed by atoms with E-state index in [2.05, 4.69) is 5.32 Å². The van der Waals surface area contributed by atoms with E-state index in [0.717, 1.165) is 4.57 Å². The number of benzene rings is 1. The van der Waals surface area contributed by atoms with Crippen LogP contribution in [0.15, 0.2) is 39.9 Å². The summed E-state index contributed by atoms with van der Waals surface area (Å²) < 4.78 is 2.33. The highest BCUT2D eigenvalue weighted by Gasteiger charge is 2.33. The van der Waals surface area contributed by atoms with Gasteiger partial charge in [-0.1, -0.05) is 18.2 Å². The minimum atomic E-state index is -0.502. The molecule has 1 unspecified atom stereocenters. The fraction of sp³-hybridized carbons (Fsp3) is 0.333. The van der Waals surface area contributed by atoms with Gasteiger partial charge in [-0.15, -0.1) is 0 Å². The van der Waals surface area contributed by atoms with Crippen molar-refractivity contribution in [2.45, 2.75) is 12.5 Å². The van der Waals surface area contributed by atoms with Crippen LogP contribution in [0.5, 0.6) is 0 Å². The van der Waals surface area contributed by atoms with E-state index in [1.54, 1.807) is 38.4 Å². The zero-order valence-corrected chi connectivity index (χ0v) is 14.9. The molecule has 1 aliphatic heterocycles. The van der Waals surface area contributed by atoms with Crippen LogP contribution in [0.1, 0.15) is 27.5 Å². The predicted octanol–water partition coefficient (Wildman–Crippen LogP) is -0.430. The molecule has 0 radical (unpaired) electrons. The Balaban J connectivity index is 1.84. The van der Waals surface area contributed by atoms with Crippen LogP contribution in [0.25, 0.3) is 0 Å². The standard InChI is InChI=1S/C18H20N4O4/c1-20-10-14(12-6-4-5-7-13(12)17(20)25)16(24)19-9-11-8-15(23)22(3)18(26)21(11)2/h4-8,14H,9-10H2,1-3H3,(H,19,24). The van der Waals surface area contributed by atoms with Crippen LogP contribution < -0.4 is 16.6 Å². The van der Waals surface area contributed by atoms with Crippen molar-refractivity contribution in [1.29, 1.82) is 0 Å². The van der Waals surface area contributed by atoms with Gasteiger partial charge in [-0.3, -0.25) is 23.5 Å². The first-order chi connectivity index (χ1) is 12.3. The second kappa shape index (κ2) is 6.62. The van der Waals surface area contributed by atoms with Gasteiger partial charge in [0.1, 0.15) is 0 Å². The fourth-order valence-corrected chi connectivity index (χ4v) is 3.13. The number of hydrogen-bond donors (Lipinski definition) is 1. The lowest BCUT2D eigenvalue weighted by Crippen LogP contribution is -2.44. The lowest BCUT2D eigenvalue weighted by molar-refractivity contribution is -0.123. The van der Waals surface area contributed by atoms with Crippen LogP contribution in [-0.4, -0.2) is 39.4 Å². The fourth-order valence-electron chi connectivity index (χ4n) is 3.13. The summed E-state index contributed by atoms with van der Waals surface area (Å²) in [5.74, 6) is -0.874. The molecule has 8 heteroatoms. The molecule has 1 atom stereocenters. The first-order valence-electron chi connectivity index (χ1n) is 8.19. The summed E-state index contributed by atoms with van der Waals surface area (Å²) in [6, 6.07) is 8.37. The number of likely N-dealkylation sites (N-methyl/N-ethyl adjacent to an activating group) is 1. The molecular weight excluding hydrogens is 336 g/mol. The second-order valence-electron chi connectivity index (χ2n) is 6.42. The highest BCUT2D eigenvalue weighted by molar-refractivity contribution is 6.00. The molecule has 0 fully saturated rings. The molecule has 3 rings (SSSR count). The molecule has 0 bridgehead atoms. The number of carbonyl (C=O) groups is 2. The number of rotatable bonds is 3. The quantitative estimate of drug-likeness (QED) is 0.808. The van der Waals surface area contributed by atoms with Gasteiger partial charge in [-0.05, 0) is 11.6 Å². The van der Waals surface area contributed by atoms with Crippen LogP contribution in [0, 0.1) is 0 Å². The number of nitrogens with one attached hydrogen (secondary N) is 1. The molecule has 0 spiro atoms. The third-order valence-corrected chi connectivity index (χ3v) is 4.76. The molecule has 1 aromatic heterocycles. The lowest BCUT2D eigenvalue weighted by Gasteiger charge is -2.31. The van der Waals surface area contributed by atoms with Crippen molar-refractivity contribution in [2.75, 3.05) is 13.6 Å². The lowest BCUT2D eigenvalue weighted by atomic mass is 9.89. The zero-order chi connectivity index (χ0) is 19.0. The van der Waals surface area contributed by atoms with Gasteiger partial charge >= 0.3 is 5.69 Å². The van der Waals surface area contributed by atoms with Crippen molar-refractivity contribution in [2.24, 2.45) is 14.1 Å². The first kappa shape index (κ1) is 17.7. The molecule has 1 N–H and O–H groups in total. The molecule has 8 nitrogen and oxygen atoms in total. The first-order valence-corrected chi connectivity index (χ1v) is 8.19.